The molecule has 0 bridgehead atoms. The second kappa shape index (κ2) is 5.99. The van der Waals surface area contributed by atoms with E-state index in [0.29, 0.717) is 5.92 Å². The van der Waals surface area contributed by atoms with Gasteiger partial charge >= 0.3 is 0 Å². The maximum absolute atomic E-state index is 5.92. The summed E-state index contributed by atoms with van der Waals surface area (Å²) in [5.41, 5.74) is 8.68. The maximum atomic E-state index is 5.92. The first kappa shape index (κ1) is 12.3. The molecular weight excluding hydrogens is 226 g/mol. The zero-order chi connectivity index (χ0) is 12.1. The van der Waals surface area contributed by atoms with E-state index in [2.05, 4.69) is 48.7 Å². The highest BCUT2D eigenvalue weighted by molar-refractivity contribution is 7.09. The van der Waals surface area contributed by atoms with E-state index in [1.54, 1.807) is 0 Å². The molecule has 2 rings (SSSR count). The zero-order valence-electron chi connectivity index (χ0n) is 10.2. The smallest absolute Gasteiger partial charge is 0.00454 e. The van der Waals surface area contributed by atoms with Crippen molar-refractivity contribution in [3.8, 4) is 0 Å². The molecule has 0 amide bonds. The molecule has 1 aromatic heterocycles. The van der Waals surface area contributed by atoms with Crippen LogP contribution in [0.2, 0.25) is 0 Å². The fraction of sp³-hybridized carbons (Fsp3) is 0.333. The second-order valence-electron chi connectivity index (χ2n) is 4.41. The lowest BCUT2D eigenvalue weighted by molar-refractivity contribution is 0.634. The van der Waals surface area contributed by atoms with Crippen molar-refractivity contribution in [1.82, 2.24) is 0 Å². The molecule has 90 valence electrons. The molecule has 1 atom stereocenters. The van der Waals surface area contributed by atoms with Gasteiger partial charge in [0, 0.05) is 4.88 Å². The molecule has 0 aliphatic carbocycles. The fourth-order valence-electron chi connectivity index (χ4n) is 2.22. The first-order valence-electron chi connectivity index (χ1n) is 6.09. The van der Waals surface area contributed by atoms with Gasteiger partial charge in [-0.2, -0.15) is 0 Å². The van der Waals surface area contributed by atoms with Crippen LogP contribution in [0.15, 0.2) is 41.8 Å². The van der Waals surface area contributed by atoms with Gasteiger partial charge in [0.25, 0.3) is 0 Å². The fourth-order valence-corrected chi connectivity index (χ4v) is 2.94. The molecular formula is C15H19NS. The summed E-state index contributed by atoms with van der Waals surface area (Å²) in [5, 5.41) is 2.14. The van der Waals surface area contributed by atoms with Crippen LogP contribution in [0.5, 0.6) is 0 Å². The van der Waals surface area contributed by atoms with Crippen LogP contribution in [0.3, 0.4) is 0 Å². The Balaban J connectivity index is 2.04. The molecule has 2 aromatic rings. The number of benzene rings is 1. The largest absolute Gasteiger partial charge is 0.330 e. The average molecular weight is 245 g/mol. The van der Waals surface area contributed by atoms with E-state index in [1.807, 2.05) is 11.3 Å². The van der Waals surface area contributed by atoms with Crippen LogP contribution in [-0.2, 0) is 6.42 Å². The number of hydrogen-bond donors (Lipinski definition) is 1. The lowest BCUT2D eigenvalue weighted by Crippen LogP contribution is -2.14. The quantitative estimate of drug-likeness (QED) is 0.853. The molecule has 0 fully saturated rings. The van der Waals surface area contributed by atoms with Crippen molar-refractivity contribution in [3.05, 3.63) is 57.8 Å². The topological polar surface area (TPSA) is 26.0 Å². The van der Waals surface area contributed by atoms with Gasteiger partial charge in [0.15, 0.2) is 0 Å². The highest BCUT2D eigenvalue weighted by atomic mass is 32.1. The molecule has 1 heterocycles. The van der Waals surface area contributed by atoms with E-state index in [0.717, 1.165) is 19.4 Å². The monoisotopic (exact) mass is 245 g/mol. The first-order valence-corrected chi connectivity index (χ1v) is 6.97. The van der Waals surface area contributed by atoms with Crippen LogP contribution in [0.25, 0.3) is 0 Å². The first-order chi connectivity index (χ1) is 8.31. The Morgan fingerprint density at radius 1 is 1.18 bits per heavy atom. The molecule has 17 heavy (non-hydrogen) atoms. The molecule has 0 saturated carbocycles. The van der Waals surface area contributed by atoms with Crippen molar-refractivity contribution in [1.29, 1.82) is 0 Å². The minimum atomic E-state index is 0.485. The summed E-state index contributed by atoms with van der Waals surface area (Å²) in [6, 6.07) is 12.9. The van der Waals surface area contributed by atoms with Crippen molar-refractivity contribution in [3.63, 3.8) is 0 Å². The van der Waals surface area contributed by atoms with Crippen LogP contribution >= 0.6 is 11.3 Å². The number of nitrogens with two attached hydrogens (primary N) is 1. The standard InChI is InChI=1S/C15H19NS/c1-12-5-2-3-7-15(12)13(11-16)8-9-14-6-4-10-17-14/h2-7,10,13H,8-9,11,16H2,1H3. The Morgan fingerprint density at radius 3 is 2.65 bits per heavy atom. The Kier molecular flexibility index (Phi) is 4.35. The number of aryl methyl sites for hydroxylation is 2. The van der Waals surface area contributed by atoms with Crippen molar-refractivity contribution in [2.75, 3.05) is 6.54 Å². The summed E-state index contributed by atoms with van der Waals surface area (Å²) in [4.78, 5) is 1.46. The lowest BCUT2D eigenvalue weighted by atomic mass is 9.91. The van der Waals surface area contributed by atoms with Crippen LogP contribution < -0.4 is 5.73 Å². The molecule has 0 aliphatic heterocycles. The molecule has 1 nitrogen and oxygen atoms in total. The molecule has 0 aliphatic rings. The van der Waals surface area contributed by atoms with E-state index in [-0.39, 0.29) is 0 Å². The third-order valence-electron chi connectivity index (χ3n) is 3.23. The van der Waals surface area contributed by atoms with Gasteiger partial charge < -0.3 is 5.73 Å². The minimum absolute atomic E-state index is 0.485. The summed E-state index contributed by atoms with van der Waals surface area (Å²) in [6.45, 7) is 2.90. The van der Waals surface area contributed by atoms with Crippen LogP contribution in [0, 0.1) is 6.92 Å². The molecule has 2 heteroatoms. The van der Waals surface area contributed by atoms with Gasteiger partial charge in [0.1, 0.15) is 0 Å². The molecule has 2 N–H and O–H groups in total. The van der Waals surface area contributed by atoms with Gasteiger partial charge in [-0.25, -0.2) is 0 Å². The second-order valence-corrected chi connectivity index (χ2v) is 5.44. The summed E-state index contributed by atoms with van der Waals surface area (Å²) < 4.78 is 0. The molecule has 0 spiro atoms. The molecule has 0 saturated heterocycles. The molecule has 1 aromatic carbocycles. The number of thiophene rings is 1. The van der Waals surface area contributed by atoms with Gasteiger partial charge in [0.2, 0.25) is 0 Å². The predicted octanol–water partition coefficient (Wildman–Crippen LogP) is 3.73. The SMILES string of the molecule is Cc1ccccc1C(CN)CCc1cccs1. The van der Waals surface area contributed by atoms with Gasteiger partial charge in [-0.1, -0.05) is 30.3 Å². The summed E-state index contributed by atoms with van der Waals surface area (Å²) in [5.74, 6) is 0.485. The van der Waals surface area contributed by atoms with Gasteiger partial charge in [-0.05, 0) is 54.8 Å². The molecule has 0 radical (unpaired) electrons. The lowest BCUT2D eigenvalue weighted by Gasteiger charge is -2.17. The summed E-state index contributed by atoms with van der Waals surface area (Å²) >= 11 is 1.83. The van der Waals surface area contributed by atoms with Crippen LogP contribution in [-0.4, -0.2) is 6.54 Å². The van der Waals surface area contributed by atoms with Crippen molar-refractivity contribution < 1.29 is 0 Å². The van der Waals surface area contributed by atoms with Crippen LogP contribution in [0.4, 0.5) is 0 Å². The molecule has 1 unspecified atom stereocenters. The minimum Gasteiger partial charge on any atom is -0.330 e. The third-order valence-corrected chi connectivity index (χ3v) is 4.17. The van der Waals surface area contributed by atoms with Crippen molar-refractivity contribution >= 4 is 11.3 Å². The van der Waals surface area contributed by atoms with Gasteiger partial charge in [0.05, 0.1) is 0 Å². The van der Waals surface area contributed by atoms with Gasteiger partial charge in [-0.15, -0.1) is 11.3 Å². The summed E-state index contributed by atoms with van der Waals surface area (Å²) in [6.07, 6.45) is 2.27. The van der Waals surface area contributed by atoms with Crippen LogP contribution in [0.1, 0.15) is 28.3 Å². The maximum Gasteiger partial charge on any atom is 0.00454 e. The Morgan fingerprint density at radius 2 is 2.00 bits per heavy atom. The Bertz CT molecular complexity index is 448. The Labute approximate surface area is 107 Å². The third kappa shape index (κ3) is 3.18. The van der Waals surface area contributed by atoms with E-state index in [4.69, 9.17) is 5.73 Å². The van der Waals surface area contributed by atoms with E-state index < -0.39 is 0 Å². The van der Waals surface area contributed by atoms with E-state index >= 15 is 0 Å². The number of hydrogen-bond acceptors (Lipinski definition) is 2. The van der Waals surface area contributed by atoms with Gasteiger partial charge in [-0.3, -0.25) is 0 Å². The van der Waals surface area contributed by atoms with Crippen molar-refractivity contribution in [2.24, 2.45) is 5.73 Å². The normalized spacial score (nSPS) is 12.6. The predicted molar refractivity (Wildman–Crippen MR) is 75.6 cm³/mol. The van der Waals surface area contributed by atoms with E-state index in [9.17, 15) is 0 Å². The average Bonchev–Trinajstić information content (AvgIpc) is 2.85. The Hall–Kier alpha value is -1.12. The highest BCUT2D eigenvalue weighted by Gasteiger charge is 2.11. The highest BCUT2D eigenvalue weighted by Crippen LogP contribution is 2.24. The summed E-state index contributed by atoms with van der Waals surface area (Å²) in [7, 11) is 0. The number of rotatable bonds is 5. The van der Waals surface area contributed by atoms with Crippen molar-refractivity contribution in [2.45, 2.75) is 25.7 Å². The zero-order valence-corrected chi connectivity index (χ0v) is 11.0. The van der Waals surface area contributed by atoms with E-state index in [1.165, 1.54) is 16.0 Å².